The number of para-hydroxylation sites is 1. The van der Waals surface area contributed by atoms with Gasteiger partial charge in [0.15, 0.2) is 0 Å². The summed E-state index contributed by atoms with van der Waals surface area (Å²) in [5, 5.41) is 6.08. The van der Waals surface area contributed by atoms with Gasteiger partial charge in [-0.2, -0.15) is 0 Å². The van der Waals surface area contributed by atoms with Crippen molar-refractivity contribution in [3.05, 3.63) is 64.6 Å². The van der Waals surface area contributed by atoms with Crippen molar-refractivity contribution >= 4 is 27.5 Å². The smallest absolute Gasteiger partial charge is 0.239 e. The first kappa shape index (κ1) is 14.6. The first-order chi connectivity index (χ1) is 9.66. The van der Waals surface area contributed by atoms with Gasteiger partial charge in [-0.05, 0) is 40.5 Å². The first-order valence-corrected chi connectivity index (χ1v) is 7.29. The average Bonchev–Trinajstić information content (AvgIpc) is 2.47. The summed E-state index contributed by atoms with van der Waals surface area (Å²) >= 11 is 3.44. The van der Waals surface area contributed by atoms with Crippen LogP contribution >= 0.6 is 15.9 Å². The van der Waals surface area contributed by atoms with E-state index in [1.165, 1.54) is 0 Å². The van der Waals surface area contributed by atoms with Crippen LogP contribution in [0.3, 0.4) is 0 Å². The van der Waals surface area contributed by atoms with Gasteiger partial charge in [0.2, 0.25) is 5.91 Å². The van der Waals surface area contributed by atoms with Crippen LogP contribution < -0.4 is 10.6 Å². The highest BCUT2D eigenvalue weighted by Crippen LogP contribution is 2.20. The van der Waals surface area contributed by atoms with E-state index in [0.29, 0.717) is 0 Å². The van der Waals surface area contributed by atoms with E-state index >= 15 is 0 Å². The summed E-state index contributed by atoms with van der Waals surface area (Å²) in [4.78, 5) is 11.9. The molecule has 3 nitrogen and oxygen atoms in total. The SMILES string of the molecule is CC(NC(=O)CNc1ccccc1Br)c1ccccc1. The molecule has 0 aliphatic heterocycles. The molecule has 0 fully saturated rings. The van der Waals surface area contributed by atoms with Gasteiger partial charge in [0.1, 0.15) is 0 Å². The molecule has 1 amide bonds. The highest BCUT2D eigenvalue weighted by Gasteiger charge is 2.09. The lowest BCUT2D eigenvalue weighted by atomic mass is 10.1. The molecule has 1 unspecified atom stereocenters. The van der Waals surface area contributed by atoms with Gasteiger partial charge in [-0.1, -0.05) is 42.5 Å². The molecule has 20 heavy (non-hydrogen) atoms. The number of hydrogen-bond acceptors (Lipinski definition) is 2. The van der Waals surface area contributed by atoms with Crippen molar-refractivity contribution < 1.29 is 4.79 Å². The van der Waals surface area contributed by atoms with Gasteiger partial charge in [0, 0.05) is 10.2 Å². The topological polar surface area (TPSA) is 41.1 Å². The second kappa shape index (κ2) is 7.10. The van der Waals surface area contributed by atoms with Crippen LogP contribution in [0.1, 0.15) is 18.5 Å². The highest BCUT2D eigenvalue weighted by molar-refractivity contribution is 9.10. The number of hydrogen-bond donors (Lipinski definition) is 2. The molecule has 0 aromatic heterocycles. The van der Waals surface area contributed by atoms with Crippen LogP contribution in [-0.2, 0) is 4.79 Å². The van der Waals surface area contributed by atoms with Crippen LogP contribution in [0, 0.1) is 0 Å². The van der Waals surface area contributed by atoms with E-state index in [-0.39, 0.29) is 18.5 Å². The maximum Gasteiger partial charge on any atom is 0.239 e. The van der Waals surface area contributed by atoms with E-state index in [9.17, 15) is 4.79 Å². The van der Waals surface area contributed by atoms with E-state index in [1.54, 1.807) is 0 Å². The van der Waals surface area contributed by atoms with Crippen molar-refractivity contribution in [3.63, 3.8) is 0 Å². The molecule has 4 heteroatoms. The third-order valence-corrected chi connectivity index (χ3v) is 3.68. The van der Waals surface area contributed by atoms with Gasteiger partial charge in [-0.25, -0.2) is 0 Å². The standard InChI is InChI=1S/C16H17BrN2O/c1-12(13-7-3-2-4-8-13)19-16(20)11-18-15-10-6-5-9-14(15)17/h2-10,12,18H,11H2,1H3,(H,19,20). The Balaban J connectivity index is 1.86. The molecule has 0 aliphatic carbocycles. The summed E-state index contributed by atoms with van der Waals surface area (Å²) in [5.74, 6) is -0.0305. The van der Waals surface area contributed by atoms with Gasteiger partial charge in [-0.15, -0.1) is 0 Å². The molecular weight excluding hydrogens is 316 g/mol. The van der Waals surface area contributed by atoms with Gasteiger partial charge in [0.05, 0.1) is 12.6 Å². The Morgan fingerprint density at radius 2 is 1.75 bits per heavy atom. The molecule has 2 rings (SSSR count). The second-order valence-electron chi connectivity index (χ2n) is 4.53. The number of carbonyl (C=O) groups excluding carboxylic acids is 1. The number of nitrogens with one attached hydrogen (secondary N) is 2. The largest absolute Gasteiger partial charge is 0.375 e. The Hall–Kier alpha value is -1.81. The zero-order chi connectivity index (χ0) is 14.4. The van der Waals surface area contributed by atoms with Crippen LogP contribution in [0.4, 0.5) is 5.69 Å². The van der Waals surface area contributed by atoms with Gasteiger partial charge in [-0.3, -0.25) is 4.79 Å². The number of benzene rings is 2. The van der Waals surface area contributed by atoms with E-state index < -0.39 is 0 Å². The minimum atomic E-state index is -0.0305. The summed E-state index contributed by atoms with van der Waals surface area (Å²) in [6, 6.07) is 17.7. The summed E-state index contributed by atoms with van der Waals surface area (Å²) in [7, 11) is 0. The van der Waals surface area contributed by atoms with Crippen LogP contribution in [-0.4, -0.2) is 12.5 Å². The maximum atomic E-state index is 11.9. The molecule has 104 valence electrons. The number of rotatable bonds is 5. The zero-order valence-corrected chi connectivity index (χ0v) is 12.9. The second-order valence-corrected chi connectivity index (χ2v) is 5.39. The minimum absolute atomic E-state index is 0.00436. The molecule has 0 spiro atoms. The van der Waals surface area contributed by atoms with Crippen LogP contribution in [0.5, 0.6) is 0 Å². The normalized spacial score (nSPS) is 11.7. The Kier molecular flexibility index (Phi) is 5.18. The maximum absolute atomic E-state index is 11.9. The van der Waals surface area contributed by atoms with Crippen molar-refractivity contribution in [1.29, 1.82) is 0 Å². The third-order valence-electron chi connectivity index (χ3n) is 2.99. The van der Waals surface area contributed by atoms with Crippen molar-refractivity contribution in [3.8, 4) is 0 Å². The molecule has 0 heterocycles. The average molecular weight is 333 g/mol. The van der Waals surface area contributed by atoms with E-state index in [4.69, 9.17) is 0 Å². The fraction of sp³-hybridized carbons (Fsp3) is 0.188. The van der Waals surface area contributed by atoms with Crippen LogP contribution in [0.25, 0.3) is 0 Å². The summed E-state index contributed by atoms with van der Waals surface area (Å²) in [6.07, 6.45) is 0. The predicted octanol–water partition coefficient (Wildman–Crippen LogP) is 3.74. The lowest BCUT2D eigenvalue weighted by Crippen LogP contribution is -2.32. The number of carbonyl (C=O) groups is 1. The van der Waals surface area contributed by atoms with Crippen molar-refractivity contribution in [1.82, 2.24) is 5.32 Å². The van der Waals surface area contributed by atoms with Crippen LogP contribution in [0.2, 0.25) is 0 Å². The molecule has 0 aliphatic rings. The summed E-state index contributed by atoms with van der Waals surface area (Å²) < 4.78 is 0.948. The predicted molar refractivity (Wildman–Crippen MR) is 85.6 cm³/mol. The monoisotopic (exact) mass is 332 g/mol. The molecule has 0 radical (unpaired) electrons. The molecule has 2 aromatic carbocycles. The summed E-state index contributed by atoms with van der Waals surface area (Å²) in [6.45, 7) is 2.23. The number of halogens is 1. The molecule has 0 saturated heterocycles. The Bertz CT molecular complexity index is 572. The minimum Gasteiger partial charge on any atom is -0.375 e. The zero-order valence-electron chi connectivity index (χ0n) is 11.3. The first-order valence-electron chi connectivity index (χ1n) is 6.49. The van der Waals surface area contributed by atoms with Crippen molar-refractivity contribution in [2.75, 3.05) is 11.9 Å². The van der Waals surface area contributed by atoms with E-state index in [0.717, 1.165) is 15.7 Å². The van der Waals surface area contributed by atoms with Crippen molar-refractivity contribution in [2.24, 2.45) is 0 Å². The molecule has 0 saturated carbocycles. The lowest BCUT2D eigenvalue weighted by Gasteiger charge is -2.15. The summed E-state index contributed by atoms with van der Waals surface area (Å²) in [5.41, 5.74) is 2.01. The van der Waals surface area contributed by atoms with Gasteiger partial charge in [0.25, 0.3) is 0 Å². The highest BCUT2D eigenvalue weighted by atomic mass is 79.9. The number of amides is 1. The Morgan fingerprint density at radius 1 is 1.10 bits per heavy atom. The lowest BCUT2D eigenvalue weighted by molar-refractivity contribution is -0.120. The number of anilines is 1. The van der Waals surface area contributed by atoms with E-state index in [2.05, 4.69) is 26.6 Å². The van der Waals surface area contributed by atoms with Gasteiger partial charge < -0.3 is 10.6 Å². The molecule has 0 bridgehead atoms. The third kappa shape index (κ3) is 4.10. The van der Waals surface area contributed by atoms with Gasteiger partial charge >= 0.3 is 0 Å². The Labute approximate surface area is 127 Å². The quantitative estimate of drug-likeness (QED) is 0.875. The fourth-order valence-corrected chi connectivity index (χ4v) is 2.32. The Morgan fingerprint density at radius 3 is 2.45 bits per heavy atom. The van der Waals surface area contributed by atoms with Crippen LogP contribution in [0.15, 0.2) is 59.1 Å². The molecule has 1 atom stereocenters. The molecule has 2 N–H and O–H groups in total. The van der Waals surface area contributed by atoms with E-state index in [1.807, 2.05) is 61.5 Å². The molecular formula is C16H17BrN2O. The molecule has 2 aromatic rings. The fourth-order valence-electron chi connectivity index (χ4n) is 1.90. The van der Waals surface area contributed by atoms with Crippen molar-refractivity contribution in [2.45, 2.75) is 13.0 Å².